The average molecular weight is 374 g/mol. The summed E-state index contributed by atoms with van der Waals surface area (Å²) < 4.78 is 3.78. The number of carbonyl (C=O) groups is 1. The molecule has 3 aromatic heterocycles. The number of aromatic nitrogens is 4. The minimum Gasteiger partial charge on any atom is -0.385 e. The number of thiazole rings is 1. The van der Waals surface area contributed by atoms with Gasteiger partial charge >= 0.3 is 0 Å². The second-order valence-corrected chi connectivity index (χ2v) is 7.73. The zero-order valence-electron chi connectivity index (χ0n) is 14.9. The molecule has 26 heavy (non-hydrogen) atoms. The van der Waals surface area contributed by atoms with Gasteiger partial charge in [0.1, 0.15) is 11.8 Å². The van der Waals surface area contributed by atoms with Crippen LogP contribution in [0.25, 0.3) is 4.96 Å². The number of imidazole rings is 1. The van der Waals surface area contributed by atoms with Crippen LogP contribution in [0.2, 0.25) is 0 Å². The van der Waals surface area contributed by atoms with Gasteiger partial charge in [0.2, 0.25) is 0 Å². The van der Waals surface area contributed by atoms with Crippen LogP contribution < -0.4 is 0 Å². The Labute approximate surface area is 155 Å². The second-order valence-electron chi connectivity index (χ2n) is 6.86. The van der Waals surface area contributed by atoms with Gasteiger partial charge in [0.25, 0.3) is 5.91 Å². The van der Waals surface area contributed by atoms with Crippen molar-refractivity contribution in [1.82, 2.24) is 29.0 Å². The summed E-state index contributed by atoms with van der Waals surface area (Å²) in [5.41, 5.74) is 2.08. The highest BCUT2D eigenvalue weighted by atomic mass is 32.1. The lowest BCUT2D eigenvalue weighted by Crippen LogP contribution is -2.31. The highest BCUT2D eigenvalue weighted by Crippen LogP contribution is 2.20. The van der Waals surface area contributed by atoms with Crippen molar-refractivity contribution < 1.29 is 9.90 Å². The molecule has 8 nitrogen and oxygen atoms in total. The van der Waals surface area contributed by atoms with Crippen LogP contribution in [0.15, 0.2) is 23.8 Å². The first kappa shape index (κ1) is 17.2. The number of nitrogens with zero attached hydrogens (tertiary/aromatic N) is 6. The van der Waals surface area contributed by atoms with E-state index in [-0.39, 0.29) is 5.91 Å². The lowest BCUT2D eigenvalue weighted by Gasteiger charge is -2.18. The summed E-state index contributed by atoms with van der Waals surface area (Å²) in [4.78, 5) is 21.9. The van der Waals surface area contributed by atoms with Gasteiger partial charge in [-0.15, -0.1) is 11.3 Å². The predicted octanol–water partition coefficient (Wildman–Crippen LogP) is 1.23. The molecule has 3 aromatic rings. The van der Waals surface area contributed by atoms with Crippen molar-refractivity contribution in [3.8, 4) is 0 Å². The minimum atomic E-state index is -0.631. The third-order valence-corrected chi connectivity index (χ3v) is 5.28. The second kappa shape index (κ2) is 6.82. The first-order chi connectivity index (χ1) is 12.5. The Bertz CT molecular complexity index is 898. The van der Waals surface area contributed by atoms with E-state index in [4.69, 9.17) is 0 Å². The third kappa shape index (κ3) is 3.25. The molecule has 0 fully saturated rings. The van der Waals surface area contributed by atoms with Crippen LogP contribution in [0.3, 0.4) is 0 Å². The van der Waals surface area contributed by atoms with Crippen LogP contribution in [0, 0.1) is 0 Å². The number of amides is 1. The van der Waals surface area contributed by atoms with E-state index in [1.54, 1.807) is 6.20 Å². The van der Waals surface area contributed by atoms with Crippen LogP contribution in [0.1, 0.15) is 34.4 Å². The molecule has 0 aromatic carbocycles. The van der Waals surface area contributed by atoms with Gasteiger partial charge in [0, 0.05) is 37.4 Å². The first-order valence-electron chi connectivity index (χ1n) is 8.62. The fraction of sp³-hybridized carbons (Fsp3) is 0.471. The smallest absolute Gasteiger partial charge is 0.274 e. The summed E-state index contributed by atoms with van der Waals surface area (Å²) >= 11 is 1.51. The number of carbonyl (C=O) groups excluding carboxylic acids is 1. The highest BCUT2D eigenvalue weighted by molar-refractivity contribution is 7.15. The van der Waals surface area contributed by atoms with E-state index in [1.165, 1.54) is 11.3 Å². The molecule has 9 heteroatoms. The quantitative estimate of drug-likeness (QED) is 0.743. The van der Waals surface area contributed by atoms with Crippen LogP contribution in [-0.4, -0.2) is 67.2 Å². The summed E-state index contributed by atoms with van der Waals surface area (Å²) in [6, 6.07) is 1.91. The Balaban J connectivity index is 1.54. The SMILES string of the molecule is CN(C)C[C@@H](O)c1cc2n(n1)CCCN(C(=O)c1cn3ccsc3n1)C2. The van der Waals surface area contributed by atoms with Crippen molar-refractivity contribution in [1.29, 1.82) is 0 Å². The molecule has 0 saturated heterocycles. The first-order valence-corrected chi connectivity index (χ1v) is 9.50. The molecule has 1 N–H and O–H groups in total. The van der Waals surface area contributed by atoms with Gasteiger partial charge in [-0.2, -0.15) is 5.10 Å². The van der Waals surface area contributed by atoms with E-state index < -0.39 is 6.10 Å². The molecule has 1 atom stereocenters. The molecule has 1 aliphatic heterocycles. The molecule has 1 aliphatic rings. The maximum absolute atomic E-state index is 12.9. The molecule has 0 aliphatic carbocycles. The van der Waals surface area contributed by atoms with E-state index in [2.05, 4.69) is 10.1 Å². The number of aliphatic hydroxyl groups is 1. The van der Waals surface area contributed by atoms with Crippen molar-refractivity contribution in [2.45, 2.75) is 25.6 Å². The Morgan fingerprint density at radius 2 is 2.27 bits per heavy atom. The van der Waals surface area contributed by atoms with Gasteiger partial charge in [0.15, 0.2) is 4.96 Å². The lowest BCUT2D eigenvalue weighted by molar-refractivity contribution is 0.0740. The number of likely N-dealkylation sites (N-methyl/N-ethyl adjacent to an activating group) is 1. The summed E-state index contributed by atoms with van der Waals surface area (Å²) in [7, 11) is 3.83. The Hall–Kier alpha value is -2.23. The zero-order chi connectivity index (χ0) is 18.3. The van der Waals surface area contributed by atoms with Crippen LogP contribution in [0.5, 0.6) is 0 Å². The zero-order valence-corrected chi connectivity index (χ0v) is 15.7. The van der Waals surface area contributed by atoms with E-state index >= 15 is 0 Å². The summed E-state index contributed by atoms with van der Waals surface area (Å²) in [6.07, 6.45) is 3.88. The number of aryl methyl sites for hydroxylation is 1. The Morgan fingerprint density at radius 3 is 3.04 bits per heavy atom. The Morgan fingerprint density at radius 1 is 1.42 bits per heavy atom. The molecule has 0 radical (unpaired) electrons. The van der Waals surface area contributed by atoms with Crippen molar-refractivity contribution in [3.63, 3.8) is 0 Å². The number of fused-ring (bicyclic) bond motifs is 2. The standard InChI is InChI=1S/C17H22N6O2S/c1-20(2)11-15(24)13-8-12-9-21(4-3-5-23(12)19-13)16(25)14-10-22-6-7-26-17(22)18-14/h6-8,10,15,24H,3-5,9,11H2,1-2H3/t15-/m1/s1. The average Bonchev–Trinajstić information content (AvgIpc) is 3.25. The summed E-state index contributed by atoms with van der Waals surface area (Å²) in [6.45, 7) is 2.41. The van der Waals surface area contributed by atoms with Gasteiger partial charge in [-0.25, -0.2) is 4.98 Å². The van der Waals surface area contributed by atoms with Crippen LogP contribution >= 0.6 is 11.3 Å². The molecular weight excluding hydrogens is 352 g/mol. The van der Waals surface area contributed by atoms with Crippen LogP contribution in [0.4, 0.5) is 0 Å². The largest absolute Gasteiger partial charge is 0.385 e. The molecule has 0 unspecified atom stereocenters. The lowest BCUT2D eigenvalue weighted by atomic mass is 10.2. The molecule has 1 amide bonds. The fourth-order valence-corrected chi connectivity index (χ4v) is 3.95. The van der Waals surface area contributed by atoms with Crippen molar-refractivity contribution >= 4 is 22.2 Å². The van der Waals surface area contributed by atoms with Crippen molar-refractivity contribution in [2.24, 2.45) is 0 Å². The van der Waals surface area contributed by atoms with Gasteiger partial charge in [-0.1, -0.05) is 0 Å². The normalized spacial score (nSPS) is 16.1. The van der Waals surface area contributed by atoms with E-state index in [0.29, 0.717) is 31.0 Å². The van der Waals surface area contributed by atoms with Crippen LogP contribution in [-0.2, 0) is 13.1 Å². The third-order valence-electron chi connectivity index (χ3n) is 4.51. The summed E-state index contributed by atoms with van der Waals surface area (Å²) in [5.74, 6) is -0.0639. The topological polar surface area (TPSA) is 78.9 Å². The minimum absolute atomic E-state index is 0.0639. The Kier molecular flexibility index (Phi) is 4.51. The number of rotatable bonds is 4. The fourth-order valence-electron chi connectivity index (χ4n) is 3.25. The maximum Gasteiger partial charge on any atom is 0.274 e. The van der Waals surface area contributed by atoms with E-state index in [1.807, 2.05) is 50.6 Å². The highest BCUT2D eigenvalue weighted by Gasteiger charge is 2.25. The number of hydrogen-bond acceptors (Lipinski definition) is 6. The molecular formula is C17H22N6O2S. The molecule has 4 heterocycles. The monoisotopic (exact) mass is 374 g/mol. The molecule has 0 bridgehead atoms. The van der Waals surface area contributed by atoms with Gasteiger partial charge < -0.3 is 14.9 Å². The van der Waals surface area contributed by atoms with Gasteiger partial charge in [-0.05, 0) is 26.6 Å². The molecule has 4 rings (SSSR count). The van der Waals surface area contributed by atoms with E-state index in [9.17, 15) is 9.90 Å². The van der Waals surface area contributed by atoms with E-state index in [0.717, 1.165) is 23.6 Å². The molecule has 138 valence electrons. The molecule has 0 saturated carbocycles. The summed E-state index contributed by atoms with van der Waals surface area (Å²) in [5, 5.41) is 16.8. The predicted molar refractivity (Wildman–Crippen MR) is 98.2 cm³/mol. The van der Waals surface area contributed by atoms with Gasteiger partial charge in [-0.3, -0.25) is 13.9 Å². The maximum atomic E-state index is 12.9. The van der Waals surface area contributed by atoms with Crippen molar-refractivity contribution in [3.05, 3.63) is 40.9 Å². The van der Waals surface area contributed by atoms with Crippen molar-refractivity contribution in [2.75, 3.05) is 27.2 Å². The number of aliphatic hydroxyl groups excluding tert-OH is 1. The van der Waals surface area contributed by atoms with Gasteiger partial charge in [0.05, 0.1) is 17.9 Å². The molecule has 0 spiro atoms. The number of hydrogen-bond donors (Lipinski definition) is 1.